The molecule has 0 radical (unpaired) electrons. The van der Waals surface area contributed by atoms with E-state index in [2.05, 4.69) is 79.0 Å². The maximum atomic E-state index is 10.8. The van der Waals surface area contributed by atoms with Crippen molar-refractivity contribution in [2.45, 2.75) is 59.3 Å². The molecule has 0 spiro atoms. The van der Waals surface area contributed by atoms with Gasteiger partial charge in [-0.15, -0.1) is 0 Å². The Morgan fingerprint density at radius 3 is 2.22 bits per heavy atom. The van der Waals surface area contributed by atoms with Crippen LogP contribution in [0.1, 0.15) is 64.0 Å². The molecule has 1 aliphatic rings. The van der Waals surface area contributed by atoms with Crippen LogP contribution in [0.5, 0.6) is 11.5 Å². The van der Waals surface area contributed by atoms with Gasteiger partial charge in [0.2, 0.25) is 0 Å². The Bertz CT molecular complexity index is 591. The third-order valence-corrected chi connectivity index (χ3v) is 7.27. The fraction of sp³-hybridized carbons (Fsp3) is 0.579. The number of hydrogen-bond donors (Lipinski definition) is 2. The number of halogens is 2. The zero-order chi connectivity index (χ0) is 17.3. The van der Waals surface area contributed by atoms with Gasteiger partial charge in [-0.05, 0) is 88.8 Å². The standard InChI is InChI=1S/C19H26I2O2/c1-5-6-13-16(20)18(22)15(19(23)17(13)21)14-9-11(4)7-8-12(14)10(2)3/h9-10,12,14,22-23H,5-8H2,1-4H3/t12-,14?/m0/s1. The second kappa shape index (κ2) is 7.93. The van der Waals surface area contributed by atoms with Gasteiger partial charge in [0, 0.05) is 11.5 Å². The third-order valence-electron chi connectivity index (χ3n) is 4.94. The molecule has 0 bridgehead atoms. The first-order valence-corrected chi connectivity index (χ1v) is 10.5. The second-order valence-corrected chi connectivity index (χ2v) is 9.11. The van der Waals surface area contributed by atoms with E-state index in [4.69, 9.17) is 0 Å². The maximum Gasteiger partial charge on any atom is 0.136 e. The van der Waals surface area contributed by atoms with E-state index in [0.717, 1.165) is 44.0 Å². The number of benzene rings is 1. The van der Waals surface area contributed by atoms with Crippen LogP contribution in [0, 0.1) is 19.0 Å². The molecule has 2 N–H and O–H groups in total. The number of allylic oxidation sites excluding steroid dienone is 2. The molecule has 1 aliphatic carbocycles. The summed E-state index contributed by atoms with van der Waals surface area (Å²) in [5.41, 5.74) is 3.16. The van der Waals surface area contributed by atoms with E-state index in [-0.39, 0.29) is 17.4 Å². The molecule has 0 saturated carbocycles. The summed E-state index contributed by atoms with van der Waals surface area (Å²) in [7, 11) is 0. The average Bonchev–Trinajstić information content (AvgIpc) is 2.49. The largest absolute Gasteiger partial charge is 0.506 e. The molecule has 0 aliphatic heterocycles. The molecule has 4 heteroatoms. The van der Waals surface area contributed by atoms with Crippen LogP contribution in [-0.2, 0) is 6.42 Å². The number of rotatable bonds is 4. The van der Waals surface area contributed by atoms with Crippen molar-refractivity contribution in [1.82, 2.24) is 0 Å². The fourth-order valence-corrected chi connectivity index (χ4v) is 5.82. The van der Waals surface area contributed by atoms with Crippen LogP contribution >= 0.6 is 45.2 Å². The lowest BCUT2D eigenvalue weighted by molar-refractivity contribution is 0.303. The normalized spacial score (nSPS) is 21.6. The first kappa shape index (κ1) is 19.3. The number of phenolic OH excluding ortho intramolecular Hbond substituents is 2. The quantitative estimate of drug-likeness (QED) is 0.345. The highest BCUT2D eigenvalue weighted by molar-refractivity contribution is 14.1. The molecule has 1 aromatic rings. The highest BCUT2D eigenvalue weighted by Crippen LogP contribution is 2.50. The third kappa shape index (κ3) is 3.83. The highest BCUT2D eigenvalue weighted by atomic mass is 127. The van der Waals surface area contributed by atoms with Gasteiger partial charge in [-0.2, -0.15) is 0 Å². The van der Waals surface area contributed by atoms with Crippen molar-refractivity contribution in [1.29, 1.82) is 0 Å². The lowest BCUT2D eigenvalue weighted by Gasteiger charge is -2.34. The summed E-state index contributed by atoms with van der Waals surface area (Å²) >= 11 is 4.47. The molecule has 2 rings (SSSR count). The van der Waals surface area contributed by atoms with E-state index in [0.29, 0.717) is 11.8 Å². The molecule has 2 atom stereocenters. The van der Waals surface area contributed by atoms with Crippen molar-refractivity contribution in [3.63, 3.8) is 0 Å². The monoisotopic (exact) mass is 540 g/mol. The van der Waals surface area contributed by atoms with Gasteiger partial charge in [0.25, 0.3) is 0 Å². The molecule has 0 amide bonds. The molecular weight excluding hydrogens is 514 g/mol. The van der Waals surface area contributed by atoms with Crippen LogP contribution in [0.3, 0.4) is 0 Å². The van der Waals surface area contributed by atoms with Crippen LogP contribution in [0.15, 0.2) is 11.6 Å². The number of hydrogen-bond acceptors (Lipinski definition) is 2. The number of phenols is 2. The van der Waals surface area contributed by atoms with Crippen LogP contribution < -0.4 is 0 Å². The second-order valence-electron chi connectivity index (χ2n) is 6.95. The van der Waals surface area contributed by atoms with Crippen LogP contribution in [-0.4, -0.2) is 10.2 Å². The minimum absolute atomic E-state index is 0.0986. The minimum atomic E-state index is 0.0986. The van der Waals surface area contributed by atoms with Crippen LogP contribution in [0.2, 0.25) is 0 Å². The van der Waals surface area contributed by atoms with Gasteiger partial charge in [0.05, 0.1) is 7.14 Å². The van der Waals surface area contributed by atoms with Crippen molar-refractivity contribution >= 4 is 45.2 Å². The Morgan fingerprint density at radius 2 is 1.74 bits per heavy atom. The van der Waals surface area contributed by atoms with Crippen LogP contribution in [0.4, 0.5) is 0 Å². The van der Waals surface area contributed by atoms with Crippen LogP contribution in [0.25, 0.3) is 0 Å². The van der Waals surface area contributed by atoms with E-state index >= 15 is 0 Å². The molecule has 1 unspecified atom stereocenters. The predicted octanol–water partition coefficient (Wildman–Crippen LogP) is 6.36. The summed E-state index contributed by atoms with van der Waals surface area (Å²) in [6, 6.07) is 0. The smallest absolute Gasteiger partial charge is 0.136 e. The molecule has 23 heavy (non-hydrogen) atoms. The Kier molecular flexibility index (Phi) is 6.67. The SMILES string of the molecule is CCCc1c(I)c(O)c(C2C=C(C)CC[C@H]2C(C)C)c(O)c1I. The van der Waals surface area contributed by atoms with Gasteiger partial charge in [-0.3, -0.25) is 0 Å². The maximum absolute atomic E-state index is 10.8. The lowest BCUT2D eigenvalue weighted by atomic mass is 9.71. The molecule has 2 nitrogen and oxygen atoms in total. The Morgan fingerprint density at radius 1 is 1.17 bits per heavy atom. The Balaban J connectivity index is 2.64. The Labute approximate surface area is 167 Å². The molecule has 1 aromatic carbocycles. The summed E-state index contributed by atoms with van der Waals surface area (Å²) in [5.74, 6) is 1.65. The van der Waals surface area contributed by atoms with Gasteiger partial charge in [0.15, 0.2) is 0 Å². The van der Waals surface area contributed by atoms with E-state index in [1.165, 1.54) is 5.57 Å². The van der Waals surface area contributed by atoms with Crippen molar-refractivity contribution in [3.8, 4) is 11.5 Å². The summed E-state index contributed by atoms with van der Waals surface area (Å²) in [6.45, 7) is 8.75. The zero-order valence-corrected chi connectivity index (χ0v) is 18.6. The van der Waals surface area contributed by atoms with E-state index in [1.807, 2.05) is 0 Å². The van der Waals surface area contributed by atoms with E-state index < -0.39 is 0 Å². The van der Waals surface area contributed by atoms with Gasteiger partial charge >= 0.3 is 0 Å². The van der Waals surface area contributed by atoms with Gasteiger partial charge in [-0.25, -0.2) is 0 Å². The predicted molar refractivity (Wildman–Crippen MR) is 113 cm³/mol. The average molecular weight is 540 g/mol. The van der Waals surface area contributed by atoms with Crippen molar-refractivity contribution in [2.24, 2.45) is 11.8 Å². The van der Waals surface area contributed by atoms with Gasteiger partial charge < -0.3 is 10.2 Å². The van der Waals surface area contributed by atoms with Crippen molar-refractivity contribution < 1.29 is 10.2 Å². The first-order valence-electron chi connectivity index (χ1n) is 8.38. The molecular formula is C19H26I2O2. The zero-order valence-electron chi connectivity index (χ0n) is 14.3. The summed E-state index contributed by atoms with van der Waals surface area (Å²) < 4.78 is 1.81. The molecule has 128 valence electrons. The minimum Gasteiger partial charge on any atom is -0.506 e. The first-order chi connectivity index (χ1) is 10.8. The number of aromatic hydroxyl groups is 2. The van der Waals surface area contributed by atoms with Gasteiger partial charge in [0.1, 0.15) is 11.5 Å². The van der Waals surface area contributed by atoms with Crippen molar-refractivity contribution in [3.05, 3.63) is 29.9 Å². The molecule has 0 fully saturated rings. The molecule has 0 saturated heterocycles. The van der Waals surface area contributed by atoms with E-state index in [1.54, 1.807) is 0 Å². The summed E-state index contributed by atoms with van der Waals surface area (Å²) in [5, 5.41) is 21.7. The fourth-order valence-electron chi connectivity index (χ4n) is 3.65. The molecule has 0 aromatic heterocycles. The molecule has 0 heterocycles. The Hall–Kier alpha value is 0.0200. The van der Waals surface area contributed by atoms with Crippen molar-refractivity contribution in [2.75, 3.05) is 0 Å². The topological polar surface area (TPSA) is 40.5 Å². The van der Waals surface area contributed by atoms with Gasteiger partial charge in [-0.1, -0.05) is 38.8 Å². The summed E-state index contributed by atoms with van der Waals surface area (Å²) in [6.07, 6.45) is 6.37. The highest BCUT2D eigenvalue weighted by Gasteiger charge is 2.33. The lowest BCUT2D eigenvalue weighted by Crippen LogP contribution is -2.21. The van der Waals surface area contributed by atoms with E-state index in [9.17, 15) is 10.2 Å². The summed E-state index contributed by atoms with van der Waals surface area (Å²) in [4.78, 5) is 0.